The summed E-state index contributed by atoms with van der Waals surface area (Å²) in [5, 5.41) is 6.34. The van der Waals surface area contributed by atoms with Gasteiger partial charge >= 0.3 is 6.18 Å². The van der Waals surface area contributed by atoms with Gasteiger partial charge in [-0.2, -0.15) is 18.3 Å². The van der Waals surface area contributed by atoms with Crippen molar-refractivity contribution in [3.63, 3.8) is 0 Å². The van der Waals surface area contributed by atoms with Gasteiger partial charge in [0.05, 0.1) is 36.6 Å². The summed E-state index contributed by atoms with van der Waals surface area (Å²) < 4.78 is 76.2. The van der Waals surface area contributed by atoms with Crippen molar-refractivity contribution in [3.8, 4) is 17.1 Å². The average Bonchev–Trinajstić information content (AvgIpc) is 3.39. The first-order valence-electron chi connectivity index (χ1n) is 11.3. The molecule has 15 heteroatoms. The van der Waals surface area contributed by atoms with Gasteiger partial charge in [0, 0.05) is 12.1 Å². The number of nitrogen functional groups attached to an aromatic ring is 1. The van der Waals surface area contributed by atoms with Gasteiger partial charge in [-0.15, -0.1) is 0 Å². The third-order valence-electron chi connectivity index (χ3n) is 6.14. The number of alkyl halides is 5. The molecule has 0 unspecified atom stereocenters. The Labute approximate surface area is 213 Å². The van der Waals surface area contributed by atoms with Crippen molar-refractivity contribution < 1.29 is 36.3 Å². The molecule has 4 rings (SSSR count). The topological polar surface area (TPSA) is 128 Å². The quantitative estimate of drug-likeness (QED) is 0.476. The van der Waals surface area contributed by atoms with Gasteiger partial charge in [-0.25, -0.2) is 23.3 Å². The lowest BCUT2D eigenvalue weighted by molar-refractivity contribution is -0.141. The van der Waals surface area contributed by atoms with E-state index in [1.807, 2.05) is 0 Å². The number of nitrogens with two attached hydrogens (primary N) is 1. The van der Waals surface area contributed by atoms with E-state index < -0.39 is 59.3 Å². The van der Waals surface area contributed by atoms with E-state index in [0.29, 0.717) is 0 Å². The number of carbonyl (C=O) groups excluding carboxylic acids is 2. The van der Waals surface area contributed by atoms with E-state index in [0.717, 1.165) is 35.7 Å². The van der Waals surface area contributed by atoms with Crippen molar-refractivity contribution in [2.45, 2.75) is 44.8 Å². The largest absolute Gasteiger partial charge is 0.480 e. The van der Waals surface area contributed by atoms with Gasteiger partial charge in [-0.05, 0) is 32.9 Å². The predicted molar refractivity (Wildman–Crippen MR) is 125 cm³/mol. The standard InChI is InChI=1S/C23H24F5N7O3/c1-10-11(16-6-13(23(26,27)28)17-18(29)30-9-31-35(16)17)5-12(20(32-10)38-4)19(36)33-15-8-34(7-14(15)24)21(37)22(2,3)25/h5-6,9,14-15H,7-8H2,1-4H3,(H,33,36)(H2,29,30,31)/t14-,15+/m0/s1. The molecule has 38 heavy (non-hydrogen) atoms. The van der Waals surface area contributed by atoms with Gasteiger partial charge < -0.3 is 20.7 Å². The smallest absolute Gasteiger partial charge is 0.418 e. The number of amides is 2. The first-order valence-corrected chi connectivity index (χ1v) is 11.3. The van der Waals surface area contributed by atoms with Crippen LogP contribution < -0.4 is 15.8 Å². The molecule has 0 spiro atoms. The zero-order valence-electron chi connectivity index (χ0n) is 20.7. The monoisotopic (exact) mass is 541 g/mol. The van der Waals surface area contributed by atoms with Crippen molar-refractivity contribution in [2.75, 3.05) is 25.9 Å². The number of carbonyl (C=O) groups is 2. The molecule has 204 valence electrons. The van der Waals surface area contributed by atoms with Gasteiger partial charge in [0.1, 0.15) is 23.6 Å². The number of hydrogen-bond acceptors (Lipinski definition) is 7. The SMILES string of the molecule is COc1nc(C)c(-c2cc(C(F)(F)F)c3c(N)ncnn23)cc1C(=O)N[C@@H]1CN(C(=O)C(C)(C)F)C[C@@H]1F. The Bertz CT molecular complexity index is 1420. The van der Waals surface area contributed by atoms with Crippen molar-refractivity contribution in [2.24, 2.45) is 0 Å². The number of nitrogens with one attached hydrogen (secondary N) is 1. The summed E-state index contributed by atoms with van der Waals surface area (Å²) in [5.74, 6) is -2.35. The molecular weight excluding hydrogens is 517 g/mol. The third-order valence-corrected chi connectivity index (χ3v) is 6.14. The number of pyridine rings is 1. The normalized spacial score (nSPS) is 18.2. The maximum absolute atomic E-state index is 14.7. The third kappa shape index (κ3) is 4.79. The predicted octanol–water partition coefficient (Wildman–Crippen LogP) is 2.74. The van der Waals surface area contributed by atoms with E-state index >= 15 is 0 Å². The molecular formula is C23H24F5N7O3. The summed E-state index contributed by atoms with van der Waals surface area (Å²) in [6.07, 6.45) is -5.48. The Hall–Kier alpha value is -4.04. The minimum absolute atomic E-state index is 0.0747. The van der Waals surface area contributed by atoms with E-state index in [1.165, 1.54) is 20.1 Å². The Morgan fingerprint density at radius 3 is 2.47 bits per heavy atom. The fraction of sp³-hybridized carbons (Fsp3) is 0.435. The molecule has 2 amide bonds. The molecule has 3 aromatic rings. The Morgan fingerprint density at radius 2 is 1.87 bits per heavy atom. The molecule has 0 radical (unpaired) electrons. The van der Waals surface area contributed by atoms with Gasteiger partial charge in [0.25, 0.3) is 11.8 Å². The van der Waals surface area contributed by atoms with Gasteiger partial charge in [0.2, 0.25) is 5.88 Å². The average molecular weight is 541 g/mol. The summed E-state index contributed by atoms with van der Waals surface area (Å²) in [4.78, 5) is 34.2. The molecule has 0 saturated carbocycles. The lowest BCUT2D eigenvalue weighted by atomic mass is 10.1. The summed E-state index contributed by atoms with van der Waals surface area (Å²) in [6.45, 7) is 2.90. The van der Waals surface area contributed by atoms with Crippen LogP contribution in [0.15, 0.2) is 18.5 Å². The minimum atomic E-state index is -4.79. The molecule has 2 atom stereocenters. The lowest BCUT2D eigenvalue weighted by Gasteiger charge is -2.22. The zero-order valence-corrected chi connectivity index (χ0v) is 20.7. The van der Waals surface area contributed by atoms with Gasteiger partial charge in [-0.3, -0.25) is 9.59 Å². The number of nitrogens with zero attached hydrogens (tertiary/aromatic N) is 5. The summed E-state index contributed by atoms with van der Waals surface area (Å²) in [6, 6.07) is 0.892. The van der Waals surface area contributed by atoms with Crippen molar-refractivity contribution in [1.29, 1.82) is 0 Å². The summed E-state index contributed by atoms with van der Waals surface area (Å²) in [5.41, 5.74) is 1.95. The molecule has 1 aliphatic rings. The van der Waals surface area contributed by atoms with Crippen LogP contribution in [0.5, 0.6) is 5.88 Å². The van der Waals surface area contributed by atoms with E-state index in [9.17, 15) is 31.5 Å². The first-order chi connectivity index (χ1) is 17.6. The van der Waals surface area contributed by atoms with Crippen LogP contribution in [-0.2, 0) is 11.0 Å². The highest BCUT2D eigenvalue weighted by atomic mass is 19.4. The maximum atomic E-state index is 14.7. The number of likely N-dealkylation sites (tertiary alicyclic amines) is 1. The van der Waals surface area contributed by atoms with E-state index in [2.05, 4.69) is 20.4 Å². The Kier molecular flexibility index (Phi) is 6.66. The van der Waals surface area contributed by atoms with Crippen LogP contribution >= 0.6 is 0 Å². The molecule has 0 aliphatic carbocycles. The summed E-state index contributed by atoms with van der Waals surface area (Å²) >= 11 is 0. The maximum Gasteiger partial charge on any atom is 0.418 e. The minimum Gasteiger partial charge on any atom is -0.480 e. The van der Waals surface area contributed by atoms with Crippen LogP contribution in [0.1, 0.15) is 35.5 Å². The first kappa shape index (κ1) is 27.0. The number of ether oxygens (including phenoxy) is 1. The van der Waals surface area contributed by atoms with Crippen LogP contribution in [0.3, 0.4) is 0 Å². The number of aryl methyl sites for hydroxylation is 1. The van der Waals surface area contributed by atoms with Crippen LogP contribution in [0.4, 0.5) is 27.8 Å². The van der Waals surface area contributed by atoms with Crippen molar-refractivity contribution in [3.05, 3.63) is 35.3 Å². The lowest BCUT2D eigenvalue weighted by Crippen LogP contribution is -2.44. The number of halogens is 5. The number of rotatable bonds is 5. The second kappa shape index (κ2) is 9.36. The molecule has 1 fully saturated rings. The Morgan fingerprint density at radius 1 is 1.18 bits per heavy atom. The molecule has 1 saturated heterocycles. The van der Waals surface area contributed by atoms with E-state index in [-0.39, 0.29) is 34.9 Å². The van der Waals surface area contributed by atoms with Crippen LogP contribution in [0.25, 0.3) is 16.8 Å². The van der Waals surface area contributed by atoms with Crippen LogP contribution in [0, 0.1) is 6.92 Å². The second-order valence-electron chi connectivity index (χ2n) is 9.30. The molecule has 4 heterocycles. The van der Waals surface area contributed by atoms with Gasteiger partial charge in [0.15, 0.2) is 11.5 Å². The number of anilines is 1. The van der Waals surface area contributed by atoms with Crippen molar-refractivity contribution in [1.82, 2.24) is 29.8 Å². The fourth-order valence-corrected chi connectivity index (χ4v) is 4.32. The van der Waals surface area contributed by atoms with Crippen LogP contribution in [-0.4, -0.2) is 74.4 Å². The number of hydrogen-bond donors (Lipinski definition) is 2. The molecule has 3 aromatic heterocycles. The molecule has 1 aliphatic heterocycles. The molecule has 3 N–H and O–H groups in total. The highest BCUT2D eigenvalue weighted by Gasteiger charge is 2.42. The molecule has 0 aromatic carbocycles. The van der Waals surface area contributed by atoms with Crippen molar-refractivity contribution >= 4 is 23.1 Å². The number of aromatic nitrogens is 4. The second-order valence-corrected chi connectivity index (χ2v) is 9.30. The summed E-state index contributed by atoms with van der Waals surface area (Å²) in [7, 11) is 1.23. The number of methoxy groups -OCH3 is 1. The van der Waals surface area contributed by atoms with Gasteiger partial charge in [-0.1, -0.05) is 0 Å². The highest BCUT2D eigenvalue weighted by molar-refractivity contribution is 5.98. The van der Waals surface area contributed by atoms with E-state index in [1.54, 1.807) is 0 Å². The highest BCUT2D eigenvalue weighted by Crippen LogP contribution is 2.39. The zero-order chi connectivity index (χ0) is 28.2. The fourth-order valence-electron chi connectivity index (χ4n) is 4.32. The van der Waals surface area contributed by atoms with Crippen LogP contribution in [0.2, 0.25) is 0 Å². The molecule has 10 nitrogen and oxygen atoms in total. The Balaban J connectivity index is 1.73. The van der Waals surface area contributed by atoms with E-state index in [4.69, 9.17) is 10.5 Å². The number of fused-ring (bicyclic) bond motifs is 1. The molecule has 0 bridgehead atoms.